The van der Waals surface area contributed by atoms with E-state index in [0.29, 0.717) is 144 Å². The Morgan fingerprint density at radius 2 is 0.823 bits per heavy atom. The highest BCUT2D eigenvalue weighted by Crippen LogP contribution is 2.12. The molecule has 62 heavy (non-hydrogen) atoms. The molecule has 0 aromatic heterocycles. The number of nitrogens with one attached hydrogen (secondary N) is 3. The van der Waals surface area contributed by atoms with Crippen LogP contribution in [0.4, 0.5) is 0 Å². The van der Waals surface area contributed by atoms with Gasteiger partial charge in [-0.05, 0) is 77.4 Å². The van der Waals surface area contributed by atoms with Gasteiger partial charge >= 0.3 is 5.97 Å². The highest BCUT2D eigenvalue weighted by atomic mass is 16.6. The van der Waals surface area contributed by atoms with Crippen molar-refractivity contribution in [3.63, 3.8) is 0 Å². The Balaban J connectivity index is 3.84. The number of Topliss-reactive ketones (excluding diaryl/α,β-unsaturated/α-hetero) is 1. The zero-order valence-corrected chi connectivity index (χ0v) is 37.6. The van der Waals surface area contributed by atoms with Crippen LogP contribution in [0.2, 0.25) is 0 Å². The number of unbranched alkanes of at least 4 members (excludes halogenated alkanes) is 3. The minimum atomic E-state index is -1.07. The number of hydrogen-bond donors (Lipinski definition) is 7. The first-order valence-electron chi connectivity index (χ1n) is 22.5. The molecule has 3 unspecified atom stereocenters. The Morgan fingerprint density at radius 3 is 1.26 bits per heavy atom. The topological polar surface area (TPSA) is 294 Å². The molecule has 0 aliphatic rings. The number of nitrogens with two attached hydrogens (primary N) is 3. The third kappa shape index (κ3) is 38.8. The van der Waals surface area contributed by atoms with Gasteiger partial charge in [-0.1, -0.05) is 13.3 Å². The summed E-state index contributed by atoms with van der Waals surface area (Å²) in [6, 6.07) is -1.63. The maximum absolute atomic E-state index is 12.8. The SMILES string of the molecule is CC(CCCCN)C(=O)CCCOCCOCCOCCOCCC(=O)NC(CCCCN)C(=O)NCCOCCOCCOCCOCCC(=O)NC(CCCCN)C(=O)O. The Bertz CT molecular complexity index is 1110. The second kappa shape index (κ2) is 44.7. The summed E-state index contributed by atoms with van der Waals surface area (Å²) in [7, 11) is 0. The summed E-state index contributed by atoms with van der Waals surface area (Å²) in [5.41, 5.74) is 16.6. The highest BCUT2D eigenvalue weighted by molar-refractivity contribution is 5.87. The van der Waals surface area contributed by atoms with Gasteiger partial charge in [-0.15, -0.1) is 0 Å². The van der Waals surface area contributed by atoms with Gasteiger partial charge < -0.3 is 76.2 Å². The second-order valence-corrected chi connectivity index (χ2v) is 14.6. The normalized spacial score (nSPS) is 12.8. The summed E-state index contributed by atoms with van der Waals surface area (Å²) in [6.45, 7) is 9.35. The number of rotatable bonds is 48. The van der Waals surface area contributed by atoms with Gasteiger partial charge in [-0.3, -0.25) is 19.2 Å². The zero-order valence-electron chi connectivity index (χ0n) is 37.6. The molecular weight excluding hydrogens is 812 g/mol. The third-order valence-corrected chi connectivity index (χ3v) is 9.26. The number of carbonyl (C=O) groups is 5. The summed E-state index contributed by atoms with van der Waals surface area (Å²) >= 11 is 0. The molecule has 3 amide bonds. The molecule has 0 aromatic rings. The van der Waals surface area contributed by atoms with E-state index in [-0.39, 0.29) is 75.2 Å². The molecule has 364 valence electrons. The summed E-state index contributed by atoms with van der Waals surface area (Å²) in [4.78, 5) is 60.8. The van der Waals surface area contributed by atoms with E-state index in [4.69, 9.17) is 55.1 Å². The van der Waals surface area contributed by atoms with Gasteiger partial charge in [-0.2, -0.15) is 0 Å². The van der Waals surface area contributed by atoms with Crippen LogP contribution in [-0.4, -0.2) is 179 Å². The number of carboxylic acids is 1. The molecule has 0 bridgehead atoms. The summed E-state index contributed by atoms with van der Waals surface area (Å²) < 4.78 is 43.9. The van der Waals surface area contributed by atoms with Crippen molar-refractivity contribution < 1.29 is 67.0 Å². The predicted octanol–water partition coefficient (Wildman–Crippen LogP) is 0.442. The van der Waals surface area contributed by atoms with Gasteiger partial charge in [0.2, 0.25) is 17.7 Å². The molecule has 0 fully saturated rings. The van der Waals surface area contributed by atoms with Gasteiger partial charge in [0.05, 0.1) is 99.1 Å². The fourth-order valence-electron chi connectivity index (χ4n) is 5.62. The first kappa shape index (κ1) is 59.1. The van der Waals surface area contributed by atoms with Crippen LogP contribution in [0.5, 0.6) is 0 Å². The molecule has 0 heterocycles. The molecule has 0 saturated carbocycles. The number of carboxylic acid groups (broad SMARTS) is 1. The molecule has 0 saturated heterocycles. The van der Waals surface area contributed by atoms with Gasteiger partial charge in [-0.25, -0.2) is 4.79 Å². The monoisotopic (exact) mass is 895 g/mol. The van der Waals surface area contributed by atoms with Crippen molar-refractivity contribution in [3.05, 3.63) is 0 Å². The van der Waals surface area contributed by atoms with E-state index >= 15 is 0 Å². The van der Waals surface area contributed by atoms with Crippen LogP contribution in [-0.2, 0) is 61.9 Å². The number of hydrogen-bond acceptors (Lipinski definition) is 16. The van der Waals surface area contributed by atoms with Crippen molar-refractivity contribution in [1.82, 2.24) is 16.0 Å². The van der Waals surface area contributed by atoms with Crippen molar-refractivity contribution in [2.45, 2.75) is 102 Å². The van der Waals surface area contributed by atoms with Crippen LogP contribution < -0.4 is 33.2 Å². The minimum absolute atomic E-state index is 0.0508. The Hall–Kier alpha value is -2.89. The van der Waals surface area contributed by atoms with Crippen molar-refractivity contribution in [2.24, 2.45) is 23.1 Å². The molecule has 10 N–H and O–H groups in total. The zero-order chi connectivity index (χ0) is 45.7. The Kier molecular flexibility index (Phi) is 42.6. The van der Waals surface area contributed by atoms with Crippen LogP contribution in [0.1, 0.15) is 90.4 Å². The smallest absolute Gasteiger partial charge is 0.326 e. The fraction of sp³-hybridized carbons (Fsp3) is 0.881. The average Bonchev–Trinajstić information content (AvgIpc) is 3.25. The van der Waals surface area contributed by atoms with Crippen LogP contribution in [0.3, 0.4) is 0 Å². The van der Waals surface area contributed by atoms with Gasteiger partial charge in [0, 0.05) is 38.3 Å². The standard InChI is InChI=1S/C42H82N6O14/c1-35(9-2-5-15-43)38(49)12-8-19-55-23-27-59-31-32-60-28-24-56-20-13-39(50)47-36(10-3-6-16-44)41(52)46-18-22-58-26-30-62-34-33-61-29-25-57-21-14-40(51)48-37(42(53)54)11-4-7-17-45/h35-37H,2-34,43-45H2,1H3,(H,46,52)(H,47,50)(H,48,51)(H,53,54). The van der Waals surface area contributed by atoms with E-state index in [1.807, 2.05) is 6.92 Å². The van der Waals surface area contributed by atoms with Crippen LogP contribution >= 0.6 is 0 Å². The lowest BCUT2D eigenvalue weighted by Crippen LogP contribution is -2.47. The molecule has 0 aromatic carbocycles. The Morgan fingerprint density at radius 1 is 0.452 bits per heavy atom. The molecule has 0 aliphatic carbocycles. The van der Waals surface area contributed by atoms with Gasteiger partial charge in [0.15, 0.2) is 0 Å². The van der Waals surface area contributed by atoms with Crippen molar-refractivity contribution in [1.29, 1.82) is 0 Å². The second-order valence-electron chi connectivity index (χ2n) is 14.6. The number of carbonyl (C=O) groups excluding carboxylic acids is 4. The molecule has 0 radical (unpaired) electrons. The van der Waals surface area contributed by atoms with Gasteiger partial charge in [0.25, 0.3) is 0 Å². The quantitative estimate of drug-likeness (QED) is 0.0408. The lowest BCUT2D eigenvalue weighted by atomic mass is 9.96. The third-order valence-electron chi connectivity index (χ3n) is 9.26. The van der Waals surface area contributed by atoms with Crippen LogP contribution in [0.25, 0.3) is 0 Å². The Labute approximate surface area is 369 Å². The molecule has 20 nitrogen and oxygen atoms in total. The van der Waals surface area contributed by atoms with Crippen molar-refractivity contribution in [3.8, 4) is 0 Å². The molecule has 3 atom stereocenters. The largest absolute Gasteiger partial charge is 0.480 e. The van der Waals surface area contributed by atoms with E-state index in [1.165, 1.54) is 0 Å². The number of aliphatic carboxylic acids is 1. The van der Waals surface area contributed by atoms with E-state index in [2.05, 4.69) is 16.0 Å². The summed E-state index contributed by atoms with van der Waals surface area (Å²) in [5.74, 6) is -1.69. The molecule has 20 heteroatoms. The molecule has 0 rings (SSSR count). The lowest BCUT2D eigenvalue weighted by Gasteiger charge is -2.18. The number of ether oxygens (including phenoxy) is 8. The first-order valence-corrected chi connectivity index (χ1v) is 22.5. The van der Waals surface area contributed by atoms with E-state index in [1.54, 1.807) is 0 Å². The first-order chi connectivity index (χ1) is 30.2. The average molecular weight is 895 g/mol. The number of ketones is 1. The minimum Gasteiger partial charge on any atom is -0.480 e. The molecule has 0 aliphatic heterocycles. The van der Waals surface area contributed by atoms with Crippen LogP contribution in [0.15, 0.2) is 0 Å². The lowest BCUT2D eigenvalue weighted by molar-refractivity contribution is -0.142. The maximum Gasteiger partial charge on any atom is 0.326 e. The van der Waals surface area contributed by atoms with Crippen molar-refractivity contribution >= 4 is 29.5 Å². The fourth-order valence-corrected chi connectivity index (χ4v) is 5.62. The van der Waals surface area contributed by atoms with Crippen LogP contribution in [0, 0.1) is 5.92 Å². The summed E-state index contributed by atoms with van der Waals surface area (Å²) in [6.07, 6.45) is 7.75. The van der Waals surface area contributed by atoms with E-state index in [0.717, 1.165) is 25.7 Å². The van der Waals surface area contributed by atoms with E-state index in [9.17, 15) is 29.1 Å². The maximum atomic E-state index is 12.8. The number of amides is 3. The highest BCUT2D eigenvalue weighted by Gasteiger charge is 2.21. The molecular formula is C42H82N6O14. The van der Waals surface area contributed by atoms with Gasteiger partial charge in [0.1, 0.15) is 17.9 Å². The van der Waals surface area contributed by atoms with Crippen molar-refractivity contribution in [2.75, 3.05) is 132 Å². The van der Waals surface area contributed by atoms with E-state index < -0.39 is 18.1 Å². The molecule has 0 spiro atoms. The summed E-state index contributed by atoms with van der Waals surface area (Å²) in [5, 5.41) is 17.3. The predicted molar refractivity (Wildman–Crippen MR) is 232 cm³/mol.